The van der Waals surface area contributed by atoms with Crippen molar-refractivity contribution in [1.29, 1.82) is 0 Å². The number of hydrogen-bond acceptors (Lipinski definition) is 2. The van der Waals surface area contributed by atoms with Gasteiger partial charge in [-0.15, -0.1) is 12.4 Å². The number of benzene rings is 1. The second kappa shape index (κ2) is 7.34. The number of likely N-dealkylation sites (tertiary alicyclic amines) is 1. The summed E-state index contributed by atoms with van der Waals surface area (Å²) in [6.45, 7) is 1.50. The molecule has 0 saturated carbocycles. The maximum absolute atomic E-state index is 12.1. The average Bonchev–Trinajstić information content (AvgIpc) is 2.34. The highest BCUT2D eigenvalue weighted by atomic mass is 35.5. The number of halogens is 3. The third kappa shape index (κ3) is 4.53. The molecular formula is C13H17Cl3N2O. The molecule has 106 valence electrons. The van der Waals surface area contributed by atoms with Crippen LogP contribution in [-0.4, -0.2) is 29.9 Å². The molecule has 1 amide bonds. The number of carbonyl (C=O) groups is 1. The number of amides is 1. The van der Waals surface area contributed by atoms with Gasteiger partial charge in [-0.05, 0) is 30.5 Å². The van der Waals surface area contributed by atoms with E-state index in [-0.39, 0.29) is 24.4 Å². The van der Waals surface area contributed by atoms with Gasteiger partial charge in [0.15, 0.2) is 0 Å². The van der Waals surface area contributed by atoms with Crippen LogP contribution in [-0.2, 0) is 11.2 Å². The van der Waals surface area contributed by atoms with Gasteiger partial charge in [-0.2, -0.15) is 0 Å². The number of rotatable bonds is 2. The van der Waals surface area contributed by atoms with E-state index in [1.807, 2.05) is 11.0 Å². The first-order chi connectivity index (χ1) is 8.56. The molecule has 3 nitrogen and oxygen atoms in total. The van der Waals surface area contributed by atoms with Crippen molar-refractivity contribution in [3.63, 3.8) is 0 Å². The summed E-state index contributed by atoms with van der Waals surface area (Å²) in [5, 5.41) is 0.999. The predicted octanol–water partition coefficient (Wildman–Crippen LogP) is 2.91. The molecule has 0 spiro atoms. The first-order valence-corrected chi connectivity index (χ1v) is 6.79. The normalized spacial score (nSPS) is 16.1. The van der Waals surface area contributed by atoms with Gasteiger partial charge in [-0.3, -0.25) is 4.79 Å². The van der Waals surface area contributed by atoms with Crippen LogP contribution in [0.3, 0.4) is 0 Å². The van der Waals surface area contributed by atoms with Gasteiger partial charge in [0, 0.05) is 19.1 Å². The Hall–Kier alpha value is -0.480. The van der Waals surface area contributed by atoms with Crippen LogP contribution in [0.15, 0.2) is 18.2 Å². The summed E-state index contributed by atoms with van der Waals surface area (Å²) in [5.74, 6) is 0.125. The quantitative estimate of drug-likeness (QED) is 0.909. The Balaban J connectivity index is 0.00000180. The van der Waals surface area contributed by atoms with Crippen molar-refractivity contribution in [2.75, 3.05) is 13.1 Å². The molecule has 19 heavy (non-hydrogen) atoms. The molecule has 0 aliphatic carbocycles. The van der Waals surface area contributed by atoms with E-state index in [2.05, 4.69) is 0 Å². The van der Waals surface area contributed by atoms with Gasteiger partial charge in [0.05, 0.1) is 16.5 Å². The highest BCUT2D eigenvalue weighted by molar-refractivity contribution is 6.42. The molecular weight excluding hydrogens is 307 g/mol. The molecule has 0 aromatic heterocycles. The van der Waals surface area contributed by atoms with E-state index in [0.717, 1.165) is 31.5 Å². The highest BCUT2D eigenvalue weighted by Crippen LogP contribution is 2.23. The molecule has 1 aromatic carbocycles. The molecule has 1 aliphatic rings. The van der Waals surface area contributed by atoms with E-state index in [4.69, 9.17) is 28.9 Å². The minimum absolute atomic E-state index is 0. The number of carbonyl (C=O) groups excluding carboxylic acids is 1. The van der Waals surface area contributed by atoms with Gasteiger partial charge < -0.3 is 10.6 Å². The lowest BCUT2D eigenvalue weighted by Gasteiger charge is -2.30. The maximum Gasteiger partial charge on any atom is 0.226 e. The van der Waals surface area contributed by atoms with Crippen LogP contribution < -0.4 is 5.73 Å². The van der Waals surface area contributed by atoms with Crippen LogP contribution in [0, 0.1) is 0 Å². The molecule has 1 aliphatic heterocycles. The molecule has 0 unspecified atom stereocenters. The van der Waals surface area contributed by atoms with Crippen LogP contribution in [0.4, 0.5) is 0 Å². The Morgan fingerprint density at radius 2 is 1.89 bits per heavy atom. The van der Waals surface area contributed by atoms with Crippen LogP contribution in [0.1, 0.15) is 18.4 Å². The molecule has 1 saturated heterocycles. The van der Waals surface area contributed by atoms with Crippen molar-refractivity contribution in [2.24, 2.45) is 5.73 Å². The average molecular weight is 324 g/mol. The lowest BCUT2D eigenvalue weighted by atomic mass is 10.0. The minimum Gasteiger partial charge on any atom is -0.342 e. The molecule has 1 aromatic rings. The highest BCUT2D eigenvalue weighted by Gasteiger charge is 2.20. The Bertz CT molecular complexity index is 446. The van der Waals surface area contributed by atoms with Crippen LogP contribution in [0.25, 0.3) is 0 Å². The van der Waals surface area contributed by atoms with E-state index in [0.29, 0.717) is 16.5 Å². The van der Waals surface area contributed by atoms with Crippen molar-refractivity contribution in [2.45, 2.75) is 25.3 Å². The largest absolute Gasteiger partial charge is 0.342 e. The maximum atomic E-state index is 12.1. The monoisotopic (exact) mass is 322 g/mol. The smallest absolute Gasteiger partial charge is 0.226 e. The van der Waals surface area contributed by atoms with Crippen LogP contribution in [0.5, 0.6) is 0 Å². The van der Waals surface area contributed by atoms with Crippen molar-refractivity contribution in [1.82, 2.24) is 4.90 Å². The van der Waals surface area contributed by atoms with Gasteiger partial charge in [0.25, 0.3) is 0 Å². The summed E-state index contributed by atoms with van der Waals surface area (Å²) in [6, 6.07) is 5.54. The second-order valence-electron chi connectivity index (χ2n) is 4.64. The minimum atomic E-state index is 0. The Morgan fingerprint density at radius 1 is 1.26 bits per heavy atom. The number of nitrogens with two attached hydrogens (primary N) is 1. The summed E-state index contributed by atoms with van der Waals surface area (Å²) < 4.78 is 0. The van der Waals surface area contributed by atoms with E-state index in [1.165, 1.54) is 0 Å². The van der Waals surface area contributed by atoms with Gasteiger partial charge in [-0.25, -0.2) is 0 Å². The zero-order valence-corrected chi connectivity index (χ0v) is 12.8. The summed E-state index contributed by atoms with van der Waals surface area (Å²) in [4.78, 5) is 13.9. The standard InChI is InChI=1S/C13H16Cl2N2O.ClH/c14-11-2-1-9(7-12(11)15)8-13(18)17-5-3-10(16)4-6-17;/h1-2,7,10H,3-6,8,16H2;1H. The zero-order valence-electron chi connectivity index (χ0n) is 10.4. The summed E-state index contributed by atoms with van der Waals surface area (Å²) in [6.07, 6.45) is 2.13. The number of nitrogens with zero attached hydrogens (tertiary/aromatic N) is 1. The van der Waals surface area contributed by atoms with E-state index >= 15 is 0 Å². The van der Waals surface area contributed by atoms with Crippen LogP contribution in [0.2, 0.25) is 10.0 Å². The van der Waals surface area contributed by atoms with Crippen LogP contribution >= 0.6 is 35.6 Å². The number of piperidine rings is 1. The molecule has 0 atom stereocenters. The molecule has 6 heteroatoms. The van der Waals surface area contributed by atoms with Crippen molar-refractivity contribution in [3.8, 4) is 0 Å². The summed E-state index contributed by atoms with van der Waals surface area (Å²) in [7, 11) is 0. The molecule has 1 heterocycles. The van der Waals surface area contributed by atoms with Crippen molar-refractivity contribution in [3.05, 3.63) is 33.8 Å². The Labute approximate surface area is 129 Å². The SMILES string of the molecule is Cl.NC1CCN(C(=O)Cc2ccc(Cl)c(Cl)c2)CC1. The van der Waals surface area contributed by atoms with Gasteiger partial charge in [0.2, 0.25) is 5.91 Å². The summed E-state index contributed by atoms with van der Waals surface area (Å²) in [5.41, 5.74) is 6.71. The van der Waals surface area contributed by atoms with Crippen molar-refractivity contribution < 1.29 is 4.79 Å². The Morgan fingerprint density at radius 3 is 2.47 bits per heavy atom. The van der Waals surface area contributed by atoms with Gasteiger partial charge in [-0.1, -0.05) is 29.3 Å². The zero-order chi connectivity index (χ0) is 13.1. The van der Waals surface area contributed by atoms with E-state index < -0.39 is 0 Å². The third-order valence-corrected chi connectivity index (χ3v) is 3.97. The first kappa shape index (κ1) is 16.6. The fourth-order valence-corrected chi connectivity index (χ4v) is 2.41. The fourth-order valence-electron chi connectivity index (χ4n) is 2.08. The molecule has 2 rings (SSSR count). The molecule has 2 N–H and O–H groups in total. The lowest BCUT2D eigenvalue weighted by molar-refractivity contribution is -0.131. The summed E-state index contributed by atoms with van der Waals surface area (Å²) >= 11 is 11.8. The fraction of sp³-hybridized carbons (Fsp3) is 0.462. The lowest BCUT2D eigenvalue weighted by Crippen LogP contribution is -2.43. The molecule has 1 fully saturated rings. The van der Waals surface area contributed by atoms with E-state index in [9.17, 15) is 4.79 Å². The second-order valence-corrected chi connectivity index (χ2v) is 5.46. The van der Waals surface area contributed by atoms with Gasteiger partial charge >= 0.3 is 0 Å². The first-order valence-electron chi connectivity index (χ1n) is 6.03. The predicted molar refractivity (Wildman–Crippen MR) is 81.2 cm³/mol. The Kier molecular flexibility index (Phi) is 6.40. The molecule has 0 bridgehead atoms. The number of hydrogen-bond donors (Lipinski definition) is 1. The van der Waals surface area contributed by atoms with Crippen molar-refractivity contribution >= 4 is 41.5 Å². The topological polar surface area (TPSA) is 46.3 Å². The van der Waals surface area contributed by atoms with Gasteiger partial charge in [0.1, 0.15) is 0 Å². The molecule has 0 radical (unpaired) electrons. The van der Waals surface area contributed by atoms with E-state index in [1.54, 1.807) is 12.1 Å². The third-order valence-electron chi connectivity index (χ3n) is 3.23.